The fourth-order valence-electron chi connectivity index (χ4n) is 1.75. The topological polar surface area (TPSA) is 38.3 Å². The van der Waals surface area contributed by atoms with E-state index >= 15 is 0 Å². The van der Waals surface area contributed by atoms with Crippen molar-refractivity contribution in [2.45, 2.75) is 33.2 Å². The predicted octanol–water partition coefficient (Wildman–Crippen LogP) is 2.97. The van der Waals surface area contributed by atoms with Crippen LogP contribution in [0.25, 0.3) is 0 Å². The van der Waals surface area contributed by atoms with Crippen LogP contribution < -0.4 is 10.1 Å². The Morgan fingerprint density at radius 2 is 1.95 bits per heavy atom. The molecule has 1 N–H and O–H groups in total. The highest BCUT2D eigenvalue weighted by atomic mass is 32.2. The minimum absolute atomic E-state index is 0.677. The molecule has 0 saturated carbocycles. The van der Waals surface area contributed by atoms with E-state index in [1.54, 1.807) is 6.26 Å². The van der Waals surface area contributed by atoms with Gasteiger partial charge in [-0.3, -0.25) is 4.21 Å². The molecule has 114 valence electrons. The molecule has 1 unspecified atom stereocenters. The molecule has 1 atom stereocenters. The Bertz CT molecular complexity index is 390. The molecule has 0 saturated heterocycles. The second kappa shape index (κ2) is 9.94. The molecule has 0 amide bonds. The van der Waals surface area contributed by atoms with E-state index in [9.17, 15) is 4.21 Å². The number of hydrogen-bond acceptors (Lipinski definition) is 3. The molecule has 0 radical (unpaired) electrons. The predicted molar refractivity (Wildman–Crippen MR) is 86.6 cm³/mol. The molecule has 4 heteroatoms. The van der Waals surface area contributed by atoms with Crippen LogP contribution in [0.1, 0.15) is 32.3 Å². The Morgan fingerprint density at radius 1 is 1.25 bits per heavy atom. The quantitative estimate of drug-likeness (QED) is 0.675. The standard InChI is InChI=1S/C16H27NO2S/c1-14(2)9-11-19-16-7-5-15(6-8-16)13-17-10-4-12-20(3)18/h5-8,14,17H,4,9-13H2,1-3H3. The van der Waals surface area contributed by atoms with Gasteiger partial charge in [-0.05, 0) is 43.0 Å². The van der Waals surface area contributed by atoms with E-state index < -0.39 is 10.8 Å². The summed E-state index contributed by atoms with van der Waals surface area (Å²) in [6.45, 7) is 6.94. The number of rotatable bonds is 10. The van der Waals surface area contributed by atoms with Gasteiger partial charge in [-0.1, -0.05) is 26.0 Å². The highest BCUT2D eigenvalue weighted by Crippen LogP contribution is 2.13. The molecular formula is C16H27NO2S. The summed E-state index contributed by atoms with van der Waals surface area (Å²) in [5.74, 6) is 2.39. The van der Waals surface area contributed by atoms with Gasteiger partial charge in [0, 0.05) is 29.4 Å². The highest BCUT2D eigenvalue weighted by Gasteiger charge is 1.98. The third-order valence-electron chi connectivity index (χ3n) is 3.00. The second-order valence-electron chi connectivity index (χ2n) is 5.48. The van der Waals surface area contributed by atoms with Crippen LogP contribution in [0.15, 0.2) is 24.3 Å². The summed E-state index contributed by atoms with van der Waals surface area (Å²) in [5, 5.41) is 3.36. The summed E-state index contributed by atoms with van der Waals surface area (Å²) >= 11 is 0. The average molecular weight is 297 g/mol. The van der Waals surface area contributed by atoms with Crippen LogP contribution in [0.4, 0.5) is 0 Å². The fourth-order valence-corrected chi connectivity index (χ4v) is 2.30. The minimum atomic E-state index is -0.680. The van der Waals surface area contributed by atoms with E-state index in [0.717, 1.165) is 44.0 Å². The van der Waals surface area contributed by atoms with E-state index in [4.69, 9.17) is 4.74 Å². The van der Waals surface area contributed by atoms with Crippen LogP contribution in [0.5, 0.6) is 5.75 Å². The Labute approximate surface area is 125 Å². The summed E-state index contributed by atoms with van der Waals surface area (Å²) in [7, 11) is -0.680. The van der Waals surface area contributed by atoms with Crippen LogP contribution in [0.3, 0.4) is 0 Å². The molecule has 1 aromatic carbocycles. The van der Waals surface area contributed by atoms with Crippen molar-refractivity contribution in [1.29, 1.82) is 0 Å². The smallest absolute Gasteiger partial charge is 0.119 e. The SMILES string of the molecule is CC(C)CCOc1ccc(CNCCCS(C)=O)cc1. The average Bonchev–Trinajstić information content (AvgIpc) is 2.39. The Hall–Kier alpha value is -0.870. The maximum atomic E-state index is 10.9. The maximum absolute atomic E-state index is 10.9. The van der Waals surface area contributed by atoms with E-state index in [0.29, 0.717) is 5.92 Å². The zero-order valence-electron chi connectivity index (χ0n) is 12.9. The van der Waals surface area contributed by atoms with Gasteiger partial charge in [0.25, 0.3) is 0 Å². The van der Waals surface area contributed by atoms with Crippen molar-refractivity contribution in [1.82, 2.24) is 5.32 Å². The first kappa shape index (κ1) is 17.2. The second-order valence-corrected chi connectivity index (χ2v) is 7.04. The molecule has 0 aromatic heterocycles. The zero-order chi connectivity index (χ0) is 14.8. The first-order valence-corrected chi connectivity index (χ1v) is 9.03. The van der Waals surface area contributed by atoms with Crippen LogP contribution in [-0.4, -0.2) is 29.4 Å². The van der Waals surface area contributed by atoms with Crippen LogP contribution in [0.2, 0.25) is 0 Å². The molecule has 1 aromatic rings. The van der Waals surface area contributed by atoms with Crippen molar-refractivity contribution in [3.05, 3.63) is 29.8 Å². The number of benzene rings is 1. The molecule has 0 aliphatic heterocycles. The van der Waals surface area contributed by atoms with Gasteiger partial charge in [0.1, 0.15) is 5.75 Å². The molecule has 0 aliphatic carbocycles. The highest BCUT2D eigenvalue weighted by molar-refractivity contribution is 7.84. The molecular weight excluding hydrogens is 270 g/mol. The van der Waals surface area contributed by atoms with Gasteiger partial charge in [0.2, 0.25) is 0 Å². The molecule has 20 heavy (non-hydrogen) atoms. The van der Waals surface area contributed by atoms with Gasteiger partial charge < -0.3 is 10.1 Å². The van der Waals surface area contributed by atoms with E-state index in [-0.39, 0.29) is 0 Å². The summed E-state index contributed by atoms with van der Waals surface area (Å²) in [6.07, 6.45) is 3.79. The third kappa shape index (κ3) is 8.33. The van der Waals surface area contributed by atoms with Crippen molar-refractivity contribution >= 4 is 10.8 Å². The van der Waals surface area contributed by atoms with Gasteiger partial charge in [0.05, 0.1) is 6.61 Å². The molecule has 0 spiro atoms. The lowest BCUT2D eigenvalue weighted by Crippen LogP contribution is -2.16. The van der Waals surface area contributed by atoms with Crippen molar-refractivity contribution in [2.24, 2.45) is 5.92 Å². The van der Waals surface area contributed by atoms with Gasteiger partial charge in [-0.2, -0.15) is 0 Å². The van der Waals surface area contributed by atoms with E-state index in [1.165, 1.54) is 5.56 Å². The third-order valence-corrected chi connectivity index (χ3v) is 3.87. The number of hydrogen-bond donors (Lipinski definition) is 1. The van der Waals surface area contributed by atoms with Crippen LogP contribution in [-0.2, 0) is 17.3 Å². The van der Waals surface area contributed by atoms with Gasteiger partial charge in [-0.15, -0.1) is 0 Å². The largest absolute Gasteiger partial charge is 0.494 e. The molecule has 1 rings (SSSR count). The Morgan fingerprint density at radius 3 is 2.55 bits per heavy atom. The molecule has 0 heterocycles. The normalized spacial score (nSPS) is 12.6. The summed E-state index contributed by atoms with van der Waals surface area (Å²) in [5.41, 5.74) is 1.25. The summed E-state index contributed by atoms with van der Waals surface area (Å²) in [6, 6.07) is 8.24. The van der Waals surface area contributed by atoms with Crippen molar-refractivity contribution in [2.75, 3.05) is 25.2 Å². The van der Waals surface area contributed by atoms with E-state index in [2.05, 4.69) is 31.3 Å². The van der Waals surface area contributed by atoms with Gasteiger partial charge >= 0.3 is 0 Å². The first-order valence-electron chi connectivity index (χ1n) is 7.30. The lowest BCUT2D eigenvalue weighted by atomic mass is 10.1. The van der Waals surface area contributed by atoms with Crippen molar-refractivity contribution in [3.63, 3.8) is 0 Å². The van der Waals surface area contributed by atoms with Crippen LogP contribution in [0, 0.1) is 5.92 Å². The van der Waals surface area contributed by atoms with Crippen LogP contribution >= 0.6 is 0 Å². The molecule has 0 bridgehead atoms. The van der Waals surface area contributed by atoms with Gasteiger partial charge in [-0.25, -0.2) is 0 Å². The monoisotopic (exact) mass is 297 g/mol. The molecule has 3 nitrogen and oxygen atoms in total. The summed E-state index contributed by atoms with van der Waals surface area (Å²) < 4.78 is 16.6. The molecule has 0 aliphatic rings. The van der Waals surface area contributed by atoms with Crippen molar-refractivity contribution < 1.29 is 8.95 Å². The Balaban J connectivity index is 2.19. The maximum Gasteiger partial charge on any atom is 0.119 e. The minimum Gasteiger partial charge on any atom is -0.494 e. The lowest BCUT2D eigenvalue weighted by Gasteiger charge is -2.09. The first-order chi connectivity index (χ1) is 9.58. The molecule has 0 fully saturated rings. The lowest BCUT2D eigenvalue weighted by molar-refractivity contribution is 0.289. The van der Waals surface area contributed by atoms with Crippen molar-refractivity contribution in [3.8, 4) is 5.75 Å². The number of nitrogens with one attached hydrogen (secondary N) is 1. The number of ether oxygens (including phenoxy) is 1. The summed E-state index contributed by atoms with van der Waals surface area (Å²) in [4.78, 5) is 0. The zero-order valence-corrected chi connectivity index (χ0v) is 13.7. The van der Waals surface area contributed by atoms with Gasteiger partial charge in [0.15, 0.2) is 0 Å². The fraction of sp³-hybridized carbons (Fsp3) is 0.625. The van der Waals surface area contributed by atoms with E-state index in [1.807, 2.05) is 12.1 Å². The Kier molecular flexibility index (Phi) is 8.54.